The zero-order valence-electron chi connectivity index (χ0n) is 29.5. The van der Waals surface area contributed by atoms with Crippen molar-refractivity contribution in [3.63, 3.8) is 0 Å². The van der Waals surface area contributed by atoms with Crippen molar-refractivity contribution in [2.75, 3.05) is 6.61 Å². The van der Waals surface area contributed by atoms with E-state index in [0.717, 1.165) is 16.7 Å². The topological polar surface area (TPSA) is 131 Å². The number of furan rings is 1. The molecule has 0 unspecified atom stereocenters. The fourth-order valence-corrected chi connectivity index (χ4v) is 10.4. The largest absolute Gasteiger partial charge is 0.472 e. The summed E-state index contributed by atoms with van der Waals surface area (Å²) < 4.78 is 37.8. The molecule has 0 bridgehead atoms. The predicted molar refractivity (Wildman–Crippen MR) is 174 cm³/mol. The average molecular weight is 667 g/mol. The molecule has 1 aromatic heterocycles. The molecule has 48 heavy (non-hydrogen) atoms. The highest BCUT2D eigenvalue weighted by atomic mass is 16.6. The number of carbonyl (C=O) groups excluding carboxylic acids is 3. The smallest absolute Gasteiger partial charge is 0.333 e. The number of fused-ring (bicyclic) bond motifs is 4. The number of allylic oxidation sites excluding steroid dienone is 3. The van der Waals surface area contributed by atoms with Gasteiger partial charge in [-0.3, -0.25) is 4.79 Å². The maximum absolute atomic E-state index is 13.8. The van der Waals surface area contributed by atoms with Crippen molar-refractivity contribution in [1.29, 1.82) is 0 Å². The third-order valence-corrected chi connectivity index (χ3v) is 12.8. The van der Waals surface area contributed by atoms with Gasteiger partial charge in [-0.05, 0) is 64.2 Å². The first-order chi connectivity index (χ1) is 22.6. The highest BCUT2D eigenvalue weighted by Gasteiger charge is 2.77. The van der Waals surface area contributed by atoms with Gasteiger partial charge in [0.05, 0.1) is 31.3 Å². The van der Waals surface area contributed by atoms with Gasteiger partial charge in [0.2, 0.25) is 0 Å². The predicted octanol–water partition coefficient (Wildman–Crippen LogP) is 5.95. The van der Waals surface area contributed by atoms with E-state index in [9.17, 15) is 19.5 Å². The monoisotopic (exact) mass is 666 g/mol. The molecule has 3 aliphatic carbocycles. The Bertz CT molecular complexity index is 1550. The van der Waals surface area contributed by atoms with Crippen molar-refractivity contribution in [2.45, 2.75) is 124 Å². The number of aliphatic hydroxyl groups excluding tert-OH is 1. The van der Waals surface area contributed by atoms with Crippen molar-refractivity contribution < 1.29 is 47.6 Å². The lowest BCUT2D eigenvalue weighted by molar-refractivity contribution is -0.261. The van der Waals surface area contributed by atoms with Crippen LogP contribution >= 0.6 is 0 Å². The fourth-order valence-electron chi connectivity index (χ4n) is 10.4. The van der Waals surface area contributed by atoms with Crippen LogP contribution in [0.5, 0.6) is 0 Å². The lowest BCUT2D eigenvalue weighted by Crippen LogP contribution is -2.72. The summed E-state index contributed by atoms with van der Waals surface area (Å²) in [6.07, 6.45) is 3.50. The van der Waals surface area contributed by atoms with Gasteiger partial charge in [0.15, 0.2) is 6.29 Å². The number of esters is 3. The molecule has 0 radical (unpaired) electrons. The Balaban J connectivity index is 1.61. The molecular weight excluding hydrogens is 616 g/mol. The zero-order valence-corrected chi connectivity index (χ0v) is 29.5. The van der Waals surface area contributed by atoms with E-state index in [1.54, 1.807) is 52.4 Å². The Morgan fingerprint density at radius 1 is 0.938 bits per heavy atom. The van der Waals surface area contributed by atoms with Crippen LogP contribution in [0.3, 0.4) is 0 Å². The lowest BCUT2D eigenvalue weighted by Gasteiger charge is -2.66. The number of carbonyl (C=O) groups is 3. The second-order valence-electron chi connectivity index (χ2n) is 15.2. The van der Waals surface area contributed by atoms with Crippen LogP contribution in [-0.4, -0.2) is 66.4 Å². The van der Waals surface area contributed by atoms with Crippen molar-refractivity contribution in [3.8, 4) is 0 Å². The van der Waals surface area contributed by atoms with Crippen LogP contribution in [0.2, 0.25) is 0 Å². The van der Waals surface area contributed by atoms with Gasteiger partial charge in [0, 0.05) is 59.0 Å². The molecule has 1 aromatic rings. The van der Waals surface area contributed by atoms with Crippen molar-refractivity contribution >= 4 is 17.9 Å². The minimum absolute atomic E-state index is 0.0360. The zero-order chi connectivity index (χ0) is 34.9. The van der Waals surface area contributed by atoms with Gasteiger partial charge >= 0.3 is 17.9 Å². The summed E-state index contributed by atoms with van der Waals surface area (Å²) in [7, 11) is 0. The number of ether oxygens (including phenoxy) is 5. The van der Waals surface area contributed by atoms with Crippen LogP contribution < -0.4 is 0 Å². The van der Waals surface area contributed by atoms with E-state index in [-0.39, 0.29) is 31.3 Å². The molecule has 4 fully saturated rings. The molecule has 10 heteroatoms. The Labute approximate surface area is 282 Å². The summed E-state index contributed by atoms with van der Waals surface area (Å²) in [5, 5.41) is 11.7. The van der Waals surface area contributed by atoms with Crippen LogP contribution in [0.15, 0.2) is 57.5 Å². The second-order valence-corrected chi connectivity index (χ2v) is 15.2. The molecule has 262 valence electrons. The van der Waals surface area contributed by atoms with Gasteiger partial charge in [-0.2, -0.15) is 0 Å². The SMILES string of the molecule is C/C=C(\C)C(=O)O[C@@H]1[C@@H]2OC[C@]3(C)[C@H](OC(C)=O)C[C@H](OC(=O)/C(C)=C/C)[C@@](C)([C@@H]23)[C@H]2C[C@H](O)O[C@H]3C[C@@H](c4ccoc4)C(C)=C3[C@]12C. The van der Waals surface area contributed by atoms with E-state index in [4.69, 9.17) is 28.1 Å². The van der Waals surface area contributed by atoms with E-state index < -0.39 is 76.9 Å². The van der Waals surface area contributed by atoms with Gasteiger partial charge < -0.3 is 33.2 Å². The standard InChI is InChI=1S/C38H50O10/c1-10-19(3)34(41)47-28-16-27(45-22(6)39)36(7)18-44-31-32(36)37(28,8)26-15-29(40)46-25-14-24(23-12-13-43-17-23)21(5)30(25)38(26,9)33(31)48-35(42)20(4)11-2/h10-13,17,24-29,31-33,40H,14-16,18H2,1-9H3/b19-10+,20-11+/t24-,25+,26-,27-,28+,29-,31-,32+,33-,36-,37+,38-/m1/s1. The highest BCUT2D eigenvalue weighted by molar-refractivity contribution is 5.88. The Morgan fingerprint density at radius 3 is 2.21 bits per heavy atom. The normalized spacial score (nSPS) is 42.3. The molecule has 2 saturated heterocycles. The van der Waals surface area contributed by atoms with Gasteiger partial charge in [-0.1, -0.05) is 38.5 Å². The Hall–Kier alpha value is -3.21. The molecule has 10 nitrogen and oxygen atoms in total. The maximum atomic E-state index is 13.8. The quantitative estimate of drug-likeness (QED) is 0.168. The second kappa shape index (κ2) is 12.3. The first-order valence-corrected chi connectivity index (χ1v) is 17.2. The summed E-state index contributed by atoms with van der Waals surface area (Å²) in [4.78, 5) is 39.8. The molecule has 0 aromatic carbocycles. The van der Waals surface area contributed by atoms with E-state index >= 15 is 0 Å². The number of hydrogen-bond acceptors (Lipinski definition) is 10. The summed E-state index contributed by atoms with van der Waals surface area (Å²) in [5.41, 5.74) is 1.53. The van der Waals surface area contributed by atoms with E-state index in [0.29, 0.717) is 17.6 Å². The lowest BCUT2D eigenvalue weighted by atomic mass is 9.39. The molecule has 0 amide bonds. The third kappa shape index (κ3) is 5.04. The minimum atomic E-state index is -1.14. The molecule has 12 atom stereocenters. The van der Waals surface area contributed by atoms with E-state index in [1.165, 1.54) is 6.92 Å². The summed E-state index contributed by atoms with van der Waals surface area (Å²) >= 11 is 0. The maximum Gasteiger partial charge on any atom is 0.333 e. The molecule has 3 heterocycles. The molecule has 5 aliphatic rings. The van der Waals surface area contributed by atoms with Crippen molar-refractivity contribution in [3.05, 3.63) is 58.6 Å². The summed E-state index contributed by atoms with van der Waals surface area (Å²) in [5.74, 6) is -2.18. The van der Waals surface area contributed by atoms with Crippen LogP contribution in [0, 0.1) is 28.1 Å². The van der Waals surface area contributed by atoms with E-state index in [1.807, 2.05) is 6.07 Å². The molecule has 2 aliphatic heterocycles. The van der Waals surface area contributed by atoms with Crippen LogP contribution in [0.25, 0.3) is 0 Å². The summed E-state index contributed by atoms with van der Waals surface area (Å²) in [6, 6.07) is 1.95. The van der Waals surface area contributed by atoms with Gasteiger partial charge in [0.1, 0.15) is 18.3 Å². The first-order valence-electron chi connectivity index (χ1n) is 17.2. The van der Waals surface area contributed by atoms with Crippen LogP contribution in [0.4, 0.5) is 0 Å². The first kappa shape index (κ1) is 34.6. The minimum Gasteiger partial charge on any atom is -0.472 e. The van der Waals surface area contributed by atoms with Crippen LogP contribution in [0.1, 0.15) is 93.1 Å². The number of hydrogen-bond donors (Lipinski definition) is 1. The van der Waals surface area contributed by atoms with Crippen molar-refractivity contribution in [2.24, 2.45) is 28.1 Å². The molecule has 2 saturated carbocycles. The molecule has 0 spiro atoms. The fraction of sp³-hybridized carbons (Fsp3) is 0.658. The van der Waals surface area contributed by atoms with Crippen molar-refractivity contribution in [1.82, 2.24) is 0 Å². The summed E-state index contributed by atoms with van der Waals surface area (Å²) in [6.45, 7) is 17.0. The average Bonchev–Trinajstić information content (AvgIpc) is 3.75. The number of rotatable bonds is 6. The Kier molecular flexibility index (Phi) is 8.87. The third-order valence-electron chi connectivity index (χ3n) is 12.8. The molecular formula is C38H50O10. The van der Waals surface area contributed by atoms with Gasteiger partial charge in [-0.25, -0.2) is 9.59 Å². The van der Waals surface area contributed by atoms with E-state index in [2.05, 4.69) is 27.7 Å². The molecule has 6 rings (SSSR count). The Morgan fingerprint density at radius 2 is 1.60 bits per heavy atom. The van der Waals surface area contributed by atoms with Crippen LogP contribution in [-0.2, 0) is 38.1 Å². The van der Waals surface area contributed by atoms with Gasteiger partial charge in [-0.15, -0.1) is 0 Å². The van der Waals surface area contributed by atoms with Gasteiger partial charge in [0.25, 0.3) is 0 Å². The number of aliphatic hydroxyl groups is 1. The highest BCUT2D eigenvalue weighted by Crippen LogP contribution is 2.72. The molecule has 1 N–H and O–H groups in total.